The average Bonchev–Trinajstić information content (AvgIpc) is 2.59. The molecule has 0 aromatic carbocycles. The van der Waals surface area contributed by atoms with Gasteiger partial charge in [-0.1, -0.05) is 11.6 Å². The highest BCUT2D eigenvalue weighted by molar-refractivity contribution is 7.14. The van der Waals surface area contributed by atoms with Crippen LogP contribution < -0.4 is 5.32 Å². The van der Waals surface area contributed by atoms with Crippen LogP contribution in [0.25, 0.3) is 0 Å². The van der Waals surface area contributed by atoms with E-state index in [-0.39, 0.29) is 5.91 Å². The number of pyridine rings is 1. The van der Waals surface area contributed by atoms with Crippen LogP contribution in [-0.2, 0) is 0 Å². The van der Waals surface area contributed by atoms with Gasteiger partial charge >= 0.3 is 0 Å². The van der Waals surface area contributed by atoms with Gasteiger partial charge in [-0.3, -0.25) is 4.79 Å². The molecule has 0 bridgehead atoms. The van der Waals surface area contributed by atoms with Gasteiger partial charge in [0.15, 0.2) is 0 Å². The number of anilines is 1. The number of halogens is 1. The molecule has 88 valence electrons. The van der Waals surface area contributed by atoms with E-state index in [0.29, 0.717) is 15.7 Å². The molecule has 0 saturated heterocycles. The highest BCUT2D eigenvalue weighted by Crippen LogP contribution is 2.22. The van der Waals surface area contributed by atoms with Crippen LogP contribution in [0.2, 0.25) is 5.15 Å². The summed E-state index contributed by atoms with van der Waals surface area (Å²) in [6.45, 7) is 3.99. The van der Waals surface area contributed by atoms with E-state index >= 15 is 0 Å². The summed E-state index contributed by atoms with van der Waals surface area (Å²) >= 11 is 7.23. The molecule has 1 amide bonds. The summed E-state index contributed by atoms with van der Waals surface area (Å²) in [6, 6.07) is 5.21. The van der Waals surface area contributed by atoms with E-state index in [1.807, 2.05) is 19.9 Å². The zero-order valence-corrected chi connectivity index (χ0v) is 11.0. The second-order valence-electron chi connectivity index (χ2n) is 3.67. The van der Waals surface area contributed by atoms with E-state index in [4.69, 9.17) is 11.6 Å². The minimum atomic E-state index is -0.117. The number of aromatic nitrogens is 1. The predicted octanol–water partition coefficient (Wildman–Crippen LogP) is 3.67. The summed E-state index contributed by atoms with van der Waals surface area (Å²) < 4.78 is 0. The highest BCUT2D eigenvalue weighted by Gasteiger charge is 2.10. The molecule has 0 spiro atoms. The Morgan fingerprint density at radius 2 is 2.18 bits per heavy atom. The van der Waals surface area contributed by atoms with E-state index in [2.05, 4.69) is 10.3 Å². The Kier molecular flexibility index (Phi) is 3.45. The Morgan fingerprint density at radius 1 is 1.41 bits per heavy atom. The van der Waals surface area contributed by atoms with Crippen LogP contribution >= 0.6 is 22.9 Å². The molecule has 2 aromatic heterocycles. The summed E-state index contributed by atoms with van der Waals surface area (Å²) in [5.74, 6) is -0.117. The monoisotopic (exact) mass is 266 g/mol. The van der Waals surface area contributed by atoms with Crippen LogP contribution in [0.3, 0.4) is 0 Å². The predicted molar refractivity (Wildman–Crippen MR) is 71.0 cm³/mol. The van der Waals surface area contributed by atoms with Gasteiger partial charge in [-0.25, -0.2) is 4.98 Å². The first-order valence-corrected chi connectivity index (χ1v) is 6.25. The van der Waals surface area contributed by atoms with Crippen molar-refractivity contribution in [1.29, 1.82) is 0 Å². The molecule has 17 heavy (non-hydrogen) atoms. The lowest BCUT2D eigenvalue weighted by Crippen LogP contribution is -2.10. The van der Waals surface area contributed by atoms with E-state index in [9.17, 15) is 4.79 Å². The number of nitrogens with zero attached hydrogens (tertiary/aromatic N) is 1. The Morgan fingerprint density at radius 3 is 2.76 bits per heavy atom. The van der Waals surface area contributed by atoms with E-state index in [1.54, 1.807) is 18.3 Å². The zero-order chi connectivity index (χ0) is 12.4. The number of carbonyl (C=O) groups excluding carboxylic acids is 1. The molecule has 2 rings (SSSR count). The third-order valence-electron chi connectivity index (χ3n) is 2.37. The van der Waals surface area contributed by atoms with E-state index in [0.717, 1.165) is 10.4 Å². The lowest BCUT2D eigenvalue weighted by atomic mass is 10.3. The van der Waals surface area contributed by atoms with Crippen LogP contribution in [0.1, 0.15) is 20.1 Å². The standard InChI is InChI=1S/C12H11ClN2OS/c1-7-5-10(17-8(7)2)12(16)15-9-3-4-14-11(13)6-9/h3-6H,1-2H3,(H,14,15,16). The minimum Gasteiger partial charge on any atom is -0.321 e. The molecule has 0 fully saturated rings. The number of hydrogen-bond acceptors (Lipinski definition) is 3. The van der Waals surface area contributed by atoms with Gasteiger partial charge in [-0.15, -0.1) is 11.3 Å². The average molecular weight is 267 g/mol. The van der Waals surface area contributed by atoms with Crippen molar-refractivity contribution in [3.63, 3.8) is 0 Å². The van der Waals surface area contributed by atoms with Crippen molar-refractivity contribution in [3.8, 4) is 0 Å². The first-order valence-electron chi connectivity index (χ1n) is 5.06. The maximum Gasteiger partial charge on any atom is 0.265 e. The SMILES string of the molecule is Cc1cc(C(=O)Nc2ccnc(Cl)c2)sc1C. The fourth-order valence-electron chi connectivity index (χ4n) is 1.36. The molecule has 5 heteroatoms. The molecule has 0 aliphatic rings. The number of nitrogens with one attached hydrogen (secondary N) is 1. The third kappa shape index (κ3) is 2.84. The smallest absolute Gasteiger partial charge is 0.265 e. The number of carbonyl (C=O) groups is 1. The fourth-order valence-corrected chi connectivity index (χ4v) is 2.46. The van der Waals surface area contributed by atoms with Gasteiger partial charge in [0.25, 0.3) is 5.91 Å². The topological polar surface area (TPSA) is 42.0 Å². The van der Waals surface area contributed by atoms with Crippen LogP contribution in [0.4, 0.5) is 5.69 Å². The normalized spacial score (nSPS) is 10.3. The highest BCUT2D eigenvalue weighted by atomic mass is 35.5. The molecule has 0 unspecified atom stereocenters. The quantitative estimate of drug-likeness (QED) is 0.843. The largest absolute Gasteiger partial charge is 0.321 e. The van der Waals surface area contributed by atoms with Gasteiger partial charge in [0.05, 0.1) is 4.88 Å². The number of thiophene rings is 1. The molecule has 2 heterocycles. The van der Waals surface area contributed by atoms with Crippen LogP contribution in [0, 0.1) is 13.8 Å². The van der Waals surface area contributed by atoms with Gasteiger partial charge < -0.3 is 5.32 Å². The molecular formula is C12H11ClN2OS. The number of hydrogen-bond donors (Lipinski definition) is 1. The second-order valence-corrected chi connectivity index (χ2v) is 5.31. The third-order valence-corrected chi connectivity index (χ3v) is 3.73. The van der Waals surface area contributed by atoms with Gasteiger partial charge in [0, 0.05) is 16.8 Å². The molecular weight excluding hydrogens is 256 g/mol. The summed E-state index contributed by atoms with van der Waals surface area (Å²) in [5.41, 5.74) is 1.78. The summed E-state index contributed by atoms with van der Waals surface area (Å²) in [7, 11) is 0. The Labute approximate surface area is 108 Å². The molecule has 0 saturated carbocycles. The molecule has 0 atom stereocenters. The summed E-state index contributed by atoms with van der Waals surface area (Å²) in [6.07, 6.45) is 1.56. The first-order chi connectivity index (χ1) is 8.06. The maximum atomic E-state index is 11.9. The Hall–Kier alpha value is -1.39. The van der Waals surface area contributed by atoms with Gasteiger partial charge in [0.1, 0.15) is 5.15 Å². The summed E-state index contributed by atoms with van der Waals surface area (Å²) in [5, 5.41) is 3.15. The zero-order valence-electron chi connectivity index (χ0n) is 9.45. The second kappa shape index (κ2) is 4.85. The van der Waals surface area contributed by atoms with Gasteiger partial charge in [-0.2, -0.15) is 0 Å². The first kappa shape index (κ1) is 12.1. The maximum absolute atomic E-state index is 11.9. The van der Waals surface area contributed by atoms with Crippen molar-refractivity contribution < 1.29 is 4.79 Å². The van der Waals surface area contributed by atoms with Gasteiger partial charge in [0.2, 0.25) is 0 Å². The number of aryl methyl sites for hydroxylation is 2. The van der Waals surface area contributed by atoms with Crippen LogP contribution in [0.15, 0.2) is 24.4 Å². The molecule has 0 aliphatic heterocycles. The van der Waals surface area contributed by atoms with Crippen molar-refractivity contribution in [2.45, 2.75) is 13.8 Å². The molecule has 2 aromatic rings. The molecule has 3 nitrogen and oxygen atoms in total. The molecule has 0 radical (unpaired) electrons. The van der Waals surface area contributed by atoms with Crippen molar-refractivity contribution in [1.82, 2.24) is 4.98 Å². The van der Waals surface area contributed by atoms with Crippen molar-refractivity contribution in [3.05, 3.63) is 44.9 Å². The number of amides is 1. The van der Waals surface area contributed by atoms with Gasteiger partial charge in [-0.05, 0) is 37.6 Å². The number of rotatable bonds is 2. The lowest BCUT2D eigenvalue weighted by Gasteiger charge is -2.02. The minimum absolute atomic E-state index is 0.117. The summed E-state index contributed by atoms with van der Waals surface area (Å²) in [4.78, 5) is 17.6. The molecule has 1 N–H and O–H groups in total. The molecule has 0 aliphatic carbocycles. The Bertz CT molecular complexity index is 546. The van der Waals surface area contributed by atoms with Crippen molar-refractivity contribution in [2.24, 2.45) is 0 Å². The van der Waals surface area contributed by atoms with Crippen molar-refractivity contribution in [2.75, 3.05) is 5.32 Å². The van der Waals surface area contributed by atoms with Crippen LogP contribution in [0.5, 0.6) is 0 Å². The Balaban J connectivity index is 2.17. The fraction of sp³-hybridized carbons (Fsp3) is 0.167. The van der Waals surface area contributed by atoms with E-state index in [1.165, 1.54) is 11.3 Å². The van der Waals surface area contributed by atoms with E-state index < -0.39 is 0 Å². The lowest BCUT2D eigenvalue weighted by molar-refractivity contribution is 0.103. The van der Waals surface area contributed by atoms with Crippen LogP contribution in [-0.4, -0.2) is 10.9 Å². The van der Waals surface area contributed by atoms with Crippen molar-refractivity contribution >= 4 is 34.5 Å².